The number of nitrogens with one attached hydrogen (secondary N) is 2. The second kappa shape index (κ2) is 7.09. The summed E-state index contributed by atoms with van der Waals surface area (Å²) in [6.45, 7) is 0.544. The Hall–Kier alpha value is -3.00. The lowest BCUT2D eigenvalue weighted by atomic mass is 10.1. The van der Waals surface area contributed by atoms with Crippen LogP contribution in [0, 0.1) is 0 Å². The molecule has 0 saturated heterocycles. The number of hydrogen-bond donors (Lipinski definition) is 2. The Morgan fingerprint density at radius 3 is 2.96 bits per heavy atom. The molecular formula is C18H15BrN6O. The molecule has 1 amide bonds. The summed E-state index contributed by atoms with van der Waals surface area (Å²) in [5.41, 5.74) is 3.55. The molecule has 0 bridgehead atoms. The van der Waals surface area contributed by atoms with Gasteiger partial charge in [0.05, 0.1) is 11.3 Å². The van der Waals surface area contributed by atoms with Gasteiger partial charge in [0.2, 0.25) is 0 Å². The monoisotopic (exact) mass is 410 g/mol. The van der Waals surface area contributed by atoms with Gasteiger partial charge in [0.25, 0.3) is 5.91 Å². The number of aromatic amines is 1. The number of para-hydroxylation sites is 1. The lowest BCUT2D eigenvalue weighted by molar-refractivity contribution is 0.0953. The third kappa shape index (κ3) is 3.23. The van der Waals surface area contributed by atoms with Crippen LogP contribution in [0.15, 0.2) is 59.5 Å². The SMILES string of the molecule is O=C(NCCc1c[nH]c2ccccc12)c1cc(-n2cnnn2)ccc1Br. The number of H-pyrrole nitrogens is 1. The quantitative estimate of drug-likeness (QED) is 0.529. The third-order valence-corrected chi connectivity index (χ3v) is 4.85. The Kier molecular flexibility index (Phi) is 4.49. The number of fused-ring (bicyclic) bond motifs is 1. The minimum atomic E-state index is -0.147. The maximum absolute atomic E-state index is 12.6. The standard InChI is InChI=1S/C18H15BrN6O/c19-16-6-5-13(25-11-22-23-24-25)9-15(16)18(26)20-8-7-12-10-21-17-4-2-1-3-14(12)17/h1-6,9-11,21H,7-8H2,(H,20,26). The molecule has 2 heterocycles. The highest BCUT2D eigenvalue weighted by molar-refractivity contribution is 9.10. The molecule has 2 N–H and O–H groups in total. The molecular weight excluding hydrogens is 396 g/mol. The van der Waals surface area contributed by atoms with E-state index in [0.29, 0.717) is 12.1 Å². The molecule has 0 unspecified atom stereocenters. The molecule has 0 fully saturated rings. The molecule has 7 nitrogen and oxygen atoms in total. The lowest BCUT2D eigenvalue weighted by Gasteiger charge is -2.08. The van der Waals surface area contributed by atoms with Crippen molar-refractivity contribution in [2.45, 2.75) is 6.42 Å². The Labute approximate surface area is 157 Å². The Bertz CT molecular complexity index is 1060. The molecule has 0 aliphatic heterocycles. The minimum absolute atomic E-state index is 0.147. The van der Waals surface area contributed by atoms with Crippen molar-refractivity contribution in [1.29, 1.82) is 0 Å². The fourth-order valence-corrected chi connectivity index (χ4v) is 3.28. The average Bonchev–Trinajstić information content (AvgIpc) is 3.32. The number of aromatic nitrogens is 5. The smallest absolute Gasteiger partial charge is 0.252 e. The summed E-state index contributed by atoms with van der Waals surface area (Å²) >= 11 is 3.43. The van der Waals surface area contributed by atoms with Crippen LogP contribution in [0.2, 0.25) is 0 Å². The van der Waals surface area contributed by atoms with E-state index in [1.54, 1.807) is 6.07 Å². The topological polar surface area (TPSA) is 88.5 Å². The number of amides is 1. The van der Waals surface area contributed by atoms with E-state index in [-0.39, 0.29) is 5.91 Å². The van der Waals surface area contributed by atoms with Crippen LogP contribution in [0.3, 0.4) is 0 Å². The molecule has 0 saturated carbocycles. The zero-order chi connectivity index (χ0) is 17.9. The van der Waals surface area contributed by atoms with Crippen molar-refractivity contribution in [2.24, 2.45) is 0 Å². The van der Waals surface area contributed by atoms with E-state index in [1.807, 2.05) is 36.5 Å². The predicted octanol–water partition coefficient (Wildman–Crippen LogP) is 2.88. The number of halogens is 1. The van der Waals surface area contributed by atoms with Crippen LogP contribution in [-0.2, 0) is 6.42 Å². The van der Waals surface area contributed by atoms with E-state index in [4.69, 9.17) is 0 Å². The fraction of sp³-hybridized carbons (Fsp3) is 0.111. The minimum Gasteiger partial charge on any atom is -0.361 e. The highest BCUT2D eigenvalue weighted by Gasteiger charge is 2.12. The van der Waals surface area contributed by atoms with Crippen molar-refractivity contribution in [2.75, 3.05) is 6.54 Å². The first-order valence-electron chi connectivity index (χ1n) is 8.08. The maximum Gasteiger partial charge on any atom is 0.252 e. The van der Waals surface area contributed by atoms with Gasteiger partial charge in [0.1, 0.15) is 6.33 Å². The highest BCUT2D eigenvalue weighted by atomic mass is 79.9. The summed E-state index contributed by atoms with van der Waals surface area (Å²) in [5.74, 6) is -0.147. The molecule has 8 heteroatoms. The number of benzene rings is 2. The number of carbonyl (C=O) groups is 1. The molecule has 130 valence electrons. The van der Waals surface area contributed by atoms with E-state index in [0.717, 1.165) is 22.1 Å². The first-order chi connectivity index (χ1) is 12.7. The van der Waals surface area contributed by atoms with Gasteiger partial charge in [-0.05, 0) is 62.6 Å². The van der Waals surface area contributed by atoms with Gasteiger partial charge in [0, 0.05) is 28.1 Å². The van der Waals surface area contributed by atoms with Gasteiger partial charge >= 0.3 is 0 Å². The van der Waals surface area contributed by atoms with Crippen LogP contribution in [0.1, 0.15) is 15.9 Å². The first kappa shape index (κ1) is 16.5. The van der Waals surface area contributed by atoms with Crippen molar-refractivity contribution in [3.8, 4) is 5.69 Å². The summed E-state index contributed by atoms with van der Waals surface area (Å²) in [4.78, 5) is 15.8. The van der Waals surface area contributed by atoms with Crippen LogP contribution in [0.25, 0.3) is 16.6 Å². The highest BCUT2D eigenvalue weighted by Crippen LogP contribution is 2.21. The maximum atomic E-state index is 12.6. The largest absolute Gasteiger partial charge is 0.361 e. The van der Waals surface area contributed by atoms with Crippen molar-refractivity contribution >= 4 is 32.7 Å². The molecule has 0 spiro atoms. The number of hydrogen-bond acceptors (Lipinski definition) is 4. The molecule has 4 rings (SSSR count). The second-order valence-electron chi connectivity index (χ2n) is 5.78. The van der Waals surface area contributed by atoms with Crippen LogP contribution in [-0.4, -0.2) is 37.6 Å². The van der Waals surface area contributed by atoms with Crippen molar-refractivity contribution in [1.82, 2.24) is 30.5 Å². The number of tetrazole rings is 1. The predicted molar refractivity (Wildman–Crippen MR) is 101 cm³/mol. The summed E-state index contributed by atoms with van der Waals surface area (Å²) in [6, 6.07) is 13.5. The second-order valence-corrected chi connectivity index (χ2v) is 6.64. The summed E-state index contributed by atoms with van der Waals surface area (Å²) < 4.78 is 2.23. The molecule has 2 aromatic heterocycles. The number of carbonyl (C=O) groups excluding carboxylic acids is 1. The van der Waals surface area contributed by atoms with E-state index in [9.17, 15) is 4.79 Å². The molecule has 2 aromatic carbocycles. The normalized spacial score (nSPS) is 11.0. The lowest BCUT2D eigenvalue weighted by Crippen LogP contribution is -2.26. The number of nitrogens with zero attached hydrogens (tertiary/aromatic N) is 4. The zero-order valence-electron chi connectivity index (χ0n) is 13.7. The van der Waals surface area contributed by atoms with Gasteiger partial charge in [-0.15, -0.1) is 5.10 Å². The van der Waals surface area contributed by atoms with Crippen LogP contribution in [0.4, 0.5) is 0 Å². The van der Waals surface area contributed by atoms with Crippen molar-refractivity contribution in [3.63, 3.8) is 0 Å². The van der Waals surface area contributed by atoms with Crippen LogP contribution >= 0.6 is 15.9 Å². The fourth-order valence-electron chi connectivity index (χ4n) is 2.85. The van der Waals surface area contributed by atoms with Gasteiger partial charge < -0.3 is 10.3 Å². The van der Waals surface area contributed by atoms with Gasteiger partial charge in [-0.2, -0.15) is 0 Å². The molecule has 0 atom stereocenters. The van der Waals surface area contributed by atoms with E-state index >= 15 is 0 Å². The van der Waals surface area contributed by atoms with Gasteiger partial charge in [-0.25, -0.2) is 4.68 Å². The Morgan fingerprint density at radius 2 is 2.12 bits per heavy atom. The Morgan fingerprint density at radius 1 is 1.23 bits per heavy atom. The van der Waals surface area contributed by atoms with Crippen LogP contribution in [0.5, 0.6) is 0 Å². The van der Waals surface area contributed by atoms with Crippen molar-refractivity contribution in [3.05, 3.63) is 70.6 Å². The molecule has 0 radical (unpaired) electrons. The van der Waals surface area contributed by atoms with Crippen LogP contribution < -0.4 is 5.32 Å². The van der Waals surface area contributed by atoms with Crippen molar-refractivity contribution < 1.29 is 4.79 Å². The summed E-state index contributed by atoms with van der Waals surface area (Å²) in [6.07, 6.45) is 4.23. The van der Waals surface area contributed by atoms with E-state index in [2.05, 4.69) is 47.8 Å². The van der Waals surface area contributed by atoms with Gasteiger partial charge in [0.15, 0.2) is 0 Å². The third-order valence-electron chi connectivity index (χ3n) is 4.16. The molecule has 0 aliphatic carbocycles. The first-order valence-corrected chi connectivity index (χ1v) is 8.88. The van der Waals surface area contributed by atoms with Gasteiger partial charge in [-0.3, -0.25) is 4.79 Å². The molecule has 4 aromatic rings. The molecule has 26 heavy (non-hydrogen) atoms. The molecule has 0 aliphatic rings. The van der Waals surface area contributed by atoms with E-state index in [1.165, 1.54) is 22.0 Å². The zero-order valence-corrected chi connectivity index (χ0v) is 15.3. The van der Waals surface area contributed by atoms with Gasteiger partial charge in [-0.1, -0.05) is 18.2 Å². The summed E-state index contributed by atoms with van der Waals surface area (Å²) in [5, 5.41) is 15.2. The Balaban J connectivity index is 1.46. The average molecular weight is 411 g/mol. The number of rotatable bonds is 5. The van der Waals surface area contributed by atoms with E-state index < -0.39 is 0 Å². The summed E-state index contributed by atoms with van der Waals surface area (Å²) in [7, 11) is 0.